The van der Waals surface area contributed by atoms with Gasteiger partial charge in [0.2, 0.25) is 0 Å². The lowest BCUT2D eigenvalue weighted by atomic mass is 10.2. The molecule has 9 heteroatoms. The molecule has 0 N–H and O–H groups in total. The lowest BCUT2D eigenvalue weighted by Gasteiger charge is -2.09. The van der Waals surface area contributed by atoms with Gasteiger partial charge in [0, 0.05) is 18.1 Å². The number of hydrogen-bond donors (Lipinski definition) is 0. The van der Waals surface area contributed by atoms with Crippen LogP contribution in [-0.2, 0) is 16.6 Å². The van der Waals surface area contributed by atoms with E-state index in [1.807, 2.05) is 6.92 Å². The van der Waals surface area contributed by atoms with E-state index in [2.05, 4.69) is 9.55 Å². The van der Waals surface area contributed by atoms with Crippen molar-refractivity contribution < 1.29 is 17.6 Å². The molecule has 1 fully saturated rings. The Morgan fingerprint density at radius 1 is 1.12 bits per heavy atom. The lowest BCUT2D eigenvalue weighted by Crippen LogP contribution is -2.12. The summed E-state index contributed by atoms with van der Waals surface area (Å²) >= 11 is 0. The average molecular weight is 461 g/mol. The SMILES string of the molecule is Cc1ccc(S(=O)(=O)n2ccc3c2ncc2nc(-c4ccc(C=O)o4)n(CC4CC4)c23)cc1. The summed E-state index contributed by atoms with van der Waals surface area (Å²) < 4.78 is 35.6. The van der Waals surface area contributed by atoms with E-state index in [4.69, 9.17) is 9.40 Å². The first-order valence-corrected chi connectivity index (χ1v) is 12.1. The number of furan rings is 1. The van der Waals surface area contributed by atoms with Crippen LogP contribution in [0.4, 0.5) is 0 Å². The van der Waals surface area contributed by atoms with Crippen molar-refractivity contribution in [1.82, 2.24) is 18.5 Å². The summed E-state index contributed by atoms with van der Waals surface area (Å²) in [5.41, 5.74) is 2.79. The van der Waals surface area contributed by atoms with E-state index in [1.165, 1.54) is 10.2 Å². The zero-order chi connectivity index (χ0) is 22.7. The van der Waals surface area contributed by atoms with Crippen LogP contribution in [0.2, 0.25) is 0 Å². The third-order valence-electron chi connectivity index (χ3n) is 6.06. The summed E-state index contributed by atoms with van der Waals surface area (Å²) in [6, 6.07) is 11.9. The van der Waals surface area contributed by atoms with Gasteiger partial charge in [-0.05, 0) is 56.0 Å². The van der Waals surface area contributed by atoms with Crippen LogP contribution in [0.5, 0.6) is 0 Å². The molecule has 5 aromatic rings. The normalized spacial score (nSPS) is 14.3. The Morgan fingerprint density at radius 2 is 1.91 bits per heavy atom. The van der Waals surface area contributed by atoms with Gasteiger partial charge in [0.25, 0.3) is 10.0 Å². The molecule has 166 valence electrons. The molecule has 1 aromatic carbocycles. The summed E-state index contributed by atoms with van der Waals surface area (Å²) in [5.74, 6) is 1.86. The van der Waals surface area contributed by atoms with Crippen molar-refractivity contribution in [3.63, 3.8) is 0 Å². The summed E-state index contributed by atoms with van der Waals surface area (Å²) in [6.07, 6.45) is 6.06. The van der Waals surface area contributed by atoms with Gasteiger partial charge in [0.05, 0.1) is 16.6 Å². The largest absolute Gasteiger partial charge is 0.450 e. The van der Waals surface area contributed by atoms with E-state index in [-0.39, 0.29) is 10.7 Å². The van der Waals surface area contributed by atoms with Crippen molar-refractivity contribution in [3.05, 3.63) is 66.2 Å². The lowest BCUT2D eigenvalue weighted by molar-refractivity contribution is 0.110. The summed E-state index contributed by atoms with van der Waals surface area (Å²) in [7, 11) is -3.81. The summed E-state index contributed by atoms with van der Waals surface area (Å²) in [5, 5.41) is 0.699. The quantitative estimate of drug-likeness (QED) is 0.348. The van der Waals surface area contributed by atoms with Crippen LogP contribution >= 0.6 is 0 Å². The molecule has 0 amide bonds. The second kappa shape index (κ2) is 7.14. The van der Waals surface area contributed by atoms with Gasteiger partial charge in [0.15, 0.2) is 29.3 Å². The zero-order valence-corrected chi connectivity index (χ0v) is 18.6. The number of benzene rings is 1. The maximum absolute atomic E-state index is 13.3. The molecule has 8 nitrogen and oxygen atoms in total. The number of carbonyl (C=O) groups excluding carboxylic acids is 1. The Labute approximate surface area is 189 Å². The topological polar surface area (TPSA) is 100.0 Å². The predicted molar refractivity (Wildman–Crippen MR) is 123 cm³/mol. The Hall–Kier alpha value is -3.72. The van der Waals surface area contributed by atoms with Crippen molar-refractivity contribution in [2.75, 3.05) is 0 Å². The molecule has 4 heterocycles. The molecule has 0 radical (unpaired) electrons. The molecule has 0 spiro atoms. The number of imidazole rings is 1. The first-order valence-electron chi connectivity index (χ1n) is 10.7. The van der Waals surface area contributed by atoms with E-state index in [9.17, 15) is 13.2 Å². The molecule has 6 rings (SSSR count). The maximum Gasteiger partial charge on any atom is 0.269 e. The molecular formula is C24H20N4O4S. The van der Waals surface area contributed by atoms with Gasteiger partial charge >= 0.3 is 0 Å². The smallest absolute Gasteiger partial charge is 0.269 e. The first kappa shape index (κ1) is 19.9. The van der Waals surface area contributed by atoms with E-state index in [0.717, 1.165) is 30.5 Å². The fraction of sp³-hybridized carbons (Fsp3) is 0.208. The van der Waals surface area contributed by atoms with Crippen molar-refractivity contribution in [3.8, 4) is 11.6 Å². The highest BCUT2D eigenvalue weighted by atomic mass is 32.2. The number of aromatic nitrogens is 4. The van der Waals surface area contributed by atoms with Crippen LogP contribution in [0, 0.1) is 12.8 Å². The summed E-state index contributed by atoms with van der Waals surface area (Å²) in [4.78, 5) is 20.5. The number of hydrogen-bond acceptors (Lipinski definition) is 6. The highest BCUT2D eigenvalue weighted by Gasteiger charge is 2.28. The Bertz CT molecular complexity index is 1640. The zero-order valence-electron chi connectivity index (χ0n) is 17.8. The molecular weight excluding hydrogens is 440 g/mol. The molecule has 0 aliphatic heterocycles. The number of aldehydes is 1. The molecule has 0 unspecified atom stereocenters. The molecule has 1 aliphatic rings. The van der Waals surface area contributed by atoms with Crippen molar-refractivity contribution in [2.24, 2.45) is 5.92 Å². The van der Waals surface area contributed by atoms with Gasteiger partial charge in [-0.15, -0.1) is 0 Å². The van der Waals surface area contributed by atoms with Crippen LogP contribution in [-0.4, -0.2) is 33.2 Å². The highest BCUT2D eigenvalue weighted by molar-refractivity contribution is 7.90. The molecule has 4 aromatic heterocycles. The fourth-order valence-electron chi connectivity index (χ4n) is 4.16. The third kappa shape index (κ3) is 3.19. The maximum atomic E-state index is 13.3. The van der Waals surface area contributed by atoms with Crippen LogP contribution in [0.25, 0.3) is 33.7 Å². The highest BCUT2D eigenvalue weighted by Crippen LogP contribution is 2.37. The number of nitrogens with zero attached hydrogens (tertiary/aromatic N) is 4. The molecule has 1 aliphatic carbocycles. The third-order valence-corrected chi connectivity index (χ3v) is 7.74. The molecule has 0 bridgehead atoms. The Kier molecular flexibility index (Phi) is 4.31. The molecule has 1 saturated carbocycles. The standard InChI is InChI=1S/C24H20N4O4S/c1-15-2-7-18(8-3-15)33(30,31)28-11-10-19-22-20(12-25-23(19)28)26-24(27(22)13-16-4-5-16)21-9-6-17(14-29)32-21/h2-3,6-12,14,16H,4-5,13H2,1H3. The number of fused-ring (bicyclic) bond motifs is 3. The van der Waals surface area contributed by atoms with E-state index >= 15 is 0 Å². The molecule has 0 atom stereocenters. The molecule has 0 saturated heterocycles. The number of rotatable bonds is 6. The summed E-state index contributed by atoms with van der Waals surface area (Å²) in [6.45, 7) is 2.65. The Balaban J connectivity index is 1.57. The van der Waals surface area contributed by atoms with Gasteiger partial charge in [0.1, 0.15) is 5.52 Å². The minimum atomic E-state index is -3.81. The number of carbonyl (C=O) groups is 1. The molecule has 33 heavy (non-hydrogen) atoms. The van der Waals surface area contributed by atoms with Crippen LogP contribution in [0.1, 0.15) is 29.0 Å². The minimum Gasteiger partial charge on any atom is -0.450 e. The van der Waals surface area contributed by atoms with Gasteiger partial charge in [-0.25, -0.2) is 22.4 Å². The van der Waals surface area contributed by atoms with Gasteiger partial charge in [-0.2, -0.15) is 0 Å². The van der Waals surface area contributed by atoms with Crippen LogP contribution in [0.3, 0.4) is 0 Å². The average Bonchev–Trinajstić information content (AvgIpc) is 3.20. The van der Waals surface area contributed by atoms with Gasteiger partial charge in [-0.1, -0.05) is 17.7 Å². The van der Waals surface area contributed by atoms with Crippen molar-refractivity contribution >= 4 is 38.4 Å². The van der Waals surface area contributed by atoms with Crippen molar-refractivity contribution in [2.45, 2.75) is 31.2 Å². The van der Waals surface area contributed by atoms with Crippen LogP contribution < -0.4 is 0 Å². The monoisotopic (exact) mass is 460 g/mol. The van der Waals surface area contributed by atoms with E-state index < -0.39 is 10.0 Å². The van der Waals surface area contributed by atoms with Crippen molar-refractivity contribution in [1.29, 1.82) is 0 Å². The number of pyridine rings is 1. The Morgan fingerprint density at radius 3 is 2.61 bits per heavy atom. The fourth-order valence-corrected chi connectivity index (χ4v) is 5.46. The predicted octanol–water partition coefficient (Wildman–Crippen LogP) is 4.41. The van der Waals surface area contributed by atoms with E-state index in [0.29, 0.717) is 40.3 Å². The van der Waals surface area contributed by atoms with Gasteiger partial charge in [-0.3, -0.25) is 4.79 Å². The van der Waals surface area contributed by atoms with E-state index in [1.54, 1.807) is 48.7 Å². The minimum absolute atomic E-state index is 0.205. The van der Waals surface area contributed by atoms with Crippen LogP contribution in [0.15, 0.2) is 64.2 Å². The number of aryl methyl sites for hydroxylation is 1. The second-order valence-electron chi connectivity index (χ2n) is 8.47. The second-order valence-corrected chi connectivity index (χ2v) is 10.3. The first-order chi connectivity index (χ1) is 16.0. The van der Waals surface area contributed by atoms with Gasteiger partial charge < -0.3 is 8.98 Å².